The third kappa shape index (κ3) is 3.54. The Morgan fingerprint density at radius 3 is 2.00 bits per heavy atom. The molecule has 0 saturated carbocycles. The van der Waals surface area contributed by atoms with E-state index in [-0.39, 0.29) is 6.23 Å². The van der Waals surface area contributed by atoms with Crippen LogP contribution >= 0.6 is 0 Å². The molecule has 0 aliphatic carbocycles. The van der Waals surface area contributed by atoms with E-state index in [2.05, 4.69) is 4.18 Å². The van der Waals surface area contributed by atoms with E-state index in [0.29, 0.717) is 0 Å². The number of rotatable bonds is 3. The molecule has 3 nitrogen and oxygen atoms in total. The third-order valence-corrected chi connectivity index (χ3v) is 2.71. The second-order valence-electron chi connectivity index (χ2n) is 2.37. The van der Waals surface area contributed by atoms with Crippen molar-refractivity contribution in [2.75, 3.05) is 6.23 Å². The van der Waals surface area contributed by atoms with Crippen LogP contribution in [-0.2, 0) is 14.3 Å². The van der Waals surface area contributed by atoms with Crippen molar-refractivity contribution in [2.45, 2.75) is 18.6 Å². The molecular weight excluding hydrogens is 213 g/mol. The van der Waals surface area contributed by atoms with Crippen LogP contribution in [0.2, 0.25) is 13.1 Å². The predicted octanol–water partition coefficient (Wildman–Crippen LogP) is 1.15. The van der Waals surface area contributed by atoms with Crippen LogP contribution in [0.25, 0.3) is 0 Å². The first-order valence-corrected chi connectivity index (χ1v) is 7.03. The van der Waals surface area contributed by atoms with Gasteiger partial charge < -0.3 is 0 Å². The fourth-order valence-corrected chi connectivity index (χ4v) is 1.96. The van der Waals surface area contributed by atoms with Gasteiger partial charge in [-0.2, -0.15) is 21.6 Å². The highest BCUT2D eigenvalue weighted by molar-refractivity contribution is 7.87. The third-order valence-electron chi connectivity index (χ3n) is 0.786. The molecule has 0 atom stereocenters. The second-order valence-corrected chi connectivity index (χ2v) is 6.68. The molecule has 0 saturated heterocycles. The minimum Gasteiger partial charge on any atom is -0.267 e. The molecule has 0 fully saturated rings. The summed E-state index contributed by atoms with van der Waals surface area (Å²) in [5.41, 5.74) is -5.30. The van der Waals surface area contributed by atoms with Crippen LogP contribution in [0.3, 0.4) is 0 Å². The van der Waals surface area contributed by atoms with Gasteiger partial charge in [0, 0.05) is 0 Å². The van der Waals surface area contributed by atoms with Crippen molar-refractivity contribution in [2.24, 2.45) is 0 Å². The molecule has 0 bridgehead atoms. The van der Waals surface area contributed by atoms with Crippen molar-refractivity contribution in [1.82, 2.24) is 0 Å². The summed E-state index contributed by atoms with van der Waals surface area (Å²) < 4.78 is 58.9. The quantitative estimate of drug-likeness (QED) is 0.408. The Bertz CT molecular complexity index is 232. The molecular formula is C4H8F3O3SSi. The Morgan fingerprint density at radius 1 is 1.33 bits per heavy atom. The molecule has 12 heavy (non-hydrogen) atoms. The van der Waals surface area contributed by atoms with Gasteiger partial charge in [0.25, 0.3) is 0 Å². The van der Waals surface area contributed by atoms with Crippen molar-refractivity contribution >= 4 is 18.9 Å². The first-order chi connectivity index (χ1) is 5.17. The monoisotopic (exact) mass is 221 g/mol. The Labute approximate surface area is 70.3 Å². The molecule has 0 rings (SSSR count). The van der Waals surface area contributed by atoms with E-state index in [1.165, 1.54) is 0 Å². The van der Waals surface area contributed by atoms with Gasteiger partial charge >= 0.3 is 15.6 Å². The number of alkyl halides is 3. The lowest BCUT2D eigenvalue weighted by Gasteiger charge is -2.08. The van der Waals surface area contributed by atoms with Gasteiger partial charge in [0.1, 0.15) is 0 Å². The fraction of sp³-hybridized carbons (Fsp3) is 1.00. The van der Waals surface area contributed by atoms with E-state index in [9.17, 15) is 21.6 Å². The zero-order chi connectivity index (χ0) is 9.99. The van der Waals surface area contributed by atoms with E-state index in [1.807, 2.05) is 0 Å². The predicted molar refractivity (Wildman–Crippen MR) is 38.4 cm³/mol. The maximum Gasteiger partial charge on any atom is 0.523 e. The number of hydrogen-bond acceptors (Lipinski definition) is 3. The molecule has 0 aromatic heterocycles. The van der Waals surface area contributed by atoms with Gasteiger partial charge in [-0.3, -0.25) is 4.18 Å². The van der Waals surface area contributed by atoms with Gasteiger partial charge in [-0.05, 0) is 0 Å². The van der Waals surface area contributed by atoms with E-state index >= 15 is 0 Å². The van der Waals surface area contributed by atoms with Gasteiger partial charge in [-0.1, -0.05) is 13.1 Å². The summed E-state index contributed by atoms with van der Waals surface area (Å²) in [5, 5.41) is 0. The Hall–Kier alpha value is -0.0831. The van der Waals surface area contributed by atoms with E-state index < -0.39 is 24.4 Å². The van der Waals surface area contributed by atoms with Crippen LogP contribution in [0.5, 0.6) is 0 Å². The molecule has 0 amide bonds. The van der Waals surface area contributed by atoms with E-state index in [0.717, 1.165) is 0 Å². The highest BCUT2D eigenvalue weighted by atomic mass is 32.2. The SMILES string of the molecule is C[Si](C)COS(=O)(=O)C(F)(F)F. The van der Waals surface area contributed by atoms with Gasteiger partial charge in [0.05, 0.1) is 15.0 Å². The molecule has 73 valence electrons. The smallest absolute Gasteiger partial charge is 0.267 e. The normalized spacial score (nSPS) is 13.8. The highest BCUT2D eigenvalue weighted by Gasteiger charge is 2.47. The zero-order valence-corrected chi connectivity index (χ0v) is 8.29. The summed E-state index contributed by atoms with van der Waals surface area (Å²) in [6.45, 7) is 3.30. The molecule has 0 heterocycles. The molecule has 0 aliphatic rings. The van der Waals surface area contributed by atoms with Crippen LogP contribution in [0.1, 0.15) is 0 Å². The standard InChI is InChI=1S/C4H8F3O3SSi/c1-12(2)3-10-11(8,9)4(5,6)7/h3H2,1-2H3. The second kappa shape index (κ2) is 3.75. The Kier molecular flexibility index (Phi) is 3.73. The lowest BCUT2D eigenvalue weighted by molar-refractivity contribution is -0.0531. The van der Waals surface area contributed by atoms with Crippen LogP contribution in [0.4, 0.5) is 13.2 Å². The van der Waals surface area contributed by atoms with Crippen LogP contribution in [0.15, 0.2) is 0 Å². The lowest BCUT2D eigenvalue weighted by Crippen LogP contribution is -2.28. The van der Waals surface area contributed by atoms with Crippen molar-refractivity contribution in [3.05, 3.63) is 0 Å². The number of halogens is 3. The molecule has 1 radical (unpaired) electrons. The summed E-state index contributed by atoms with van der Waals surface area (Å²) in [5.74, 6) is 0. The Balaban J connectivity index is 4.27. The van der Waals surface area contributed by atoms with Crippen molar-refractivity contribution in [3.8, 4) is 0 Å². The maximum absolute atomic E-state index is 11.6. The van der Waals surface area contributed by atoms with Gasteiger partial charge in [-0.15, -0.1) is 0 Å². The van der Waals surface area contributed by atoms with E-state index in [4.69, 9.17) is 0 Å². The summed E-state index contributed by atoms with van der Waals surface area (Å²) in [7, 11) is -6.50. The van der Waals surface area contributed by atoms with Gasteiger partial charge in [0.15, 0.2) is 0 Å². The van der Waals surface area contributed by atoms with Gasteiger partial charge in [0.2, 0.25) is 0 Å². The average Bonchev–Trinajstić information content (AvgIpc) is 1.81. The first-order valence-electron chi connectivity index (χ1n) is 2.91. The zero-order valence-electron chi connectivity index (χ0n) is 6.47. The van der Waals surface area contributed by atoms with Crippen molar-refractivity contribution < 1.29 is 25.8 Å². The van der Waals surface area contributed by atoms with Crippen LogP contribution < -0.4 is 0 Å². The fourth-order valence-electron chi connectivity index (χ4n) is 0.262. The topological polar surface area (TPSA) is 43.4 Å². The molecule has 0 aliphatic heterocycles. The summed E-state index contributed by atoms with van der Waals surface area (Å²) >= 11 is 0. The van der Waals surface area contributed by atoms with Crippen molar-refractivity contribution in [3.63, 3.8) is 0 Å². The summed E-state index contributed by atoms with van der Waals surface area (Å²) in [6, 6.07) is 0. The van der Waals surface area contributed by atoms with Crippen LogP contribution in [0, 0.1) is 0 Å². The molecule has 0 spiro atoms. The molecule has 0 unspecified atom stereocenters. The summed E-state index contributed by atoms with van der Waals surface area (Å²) in [6.07, 6.45) is -0.355. The summed E-state index contributed by atoms with van der Waals surface area (Å²) in [4.78, 5) is 0. The average molecular weight is 221 g/mol. The van der Waals surface area contributed by atoms with Gasteiger partial charge in [-0.25, -0.2) is 0 Å². The molecule has 0 aromatic carbocycles. The molecule has 8 heteroatoms. The Morgan fingerprint density at radius 2 is 1.75 bits per heavy atom. The van der Waals surface area contributed by atoms with Crippen molar-refractivity contribution in [1.29, 1.82) is 0 Å². The largest absolute Gasteiger partial charge is 0.523 e. The molecule has 0 aromatic rings. The van der Waals surface area contributed by atoms with E-state index in [1.54, 1.807) is 13.1 Å². The minimum atomic E-state index is -5.37. The first kappa shape index (κ1) is 11.9. The number of hydrogen-bond donors (Lipinski definition) is 0. The highest BCUT2D eigenvalue weighted by Crippen LogP contribution is 2.24. The molecule has 0 N–H and O–H groups in total. The maximum atomic E-state index is 11.6. The lowest BCUT2D eigenvalue weighted by atomic mass is 11.6. The minimum absolute atomic E-state index is 0.355. The van der Waals surface area contributed by atoms with Crippen LogP contribution in [-0.4, -0.2) is 29.0 Å².